The fourth-order valence-corrected chi connectivity index (χ4v) is 2.36. The number of rotatable bonds is 5. The number of nitrogens with one attached hydrogen (secondary N) is 1. The minimum absolute atomic E-state index is 0.0158. The molecule has 1 aliphatic rings. The molecule has 2 nitrogen and oxygen atoms in total. The molecule has 1 amide bonds. The van der Waals surface area contributed by atoms with Crippen LogP contribution in [-0.2, 0) is 4.79 Å². The van der Waals surface area contributed by atoms with E-state index in [1.807, 2.05) is 0 Å². The molecule has 0 saturated heterocycles. The molecular formula is C14H18FNO. The van der Waals surface area contributed by atoms with Crippen molar-refractivity contribution in [1.29, 1.82) is 0 Å². The van der Waals surface area contributed by atoms with Crippen molar-refractivity contribution in [2.24, 2.45) is 0 Å². The van der Waals surface area contributed by atoms with E-state index in [4.69, 9.17) is 0 Å². The van der Waals surface area contributed by atoms with E-state index in [-0.39, 0.29) is 17.6 Å². The molecule has 1 atom stereocenters. The number of unbranched alkanes of at least 4 members (excludes halogenated alkanes) is 3. The Hall–Kier alpha value is -1.38. The van der Waals surface area contributed by atoms with Crippen molar-refractivity contribution in [3.05, 3.63) is 29.6 Å². The Balaban J connectivity index is 2.03. The Bertz CT molecular complexity index is 417. The standard InChI is InChI=1S/C14H18FNO/c1-2-3-4-5-6-11-12-9-10(15)7-8-13(12)16-14(11)17/h7-9,11H,2-6H2,1H3,(H,16,17). The van der Waals surface area contributed by atoms with Crippen LogP contribution in [0.3, 0.4) is 0 Å². The van der Waals surface area contributed by atoms with Gasteiger partial charge in [-0.3, -0.25) is 4.79 Å². The summed E-state index contributed by atoms with van der Waals surface area (Å²) < 4.78 is 13.2. The molecule has 1 unspecified atom stereocenters. The SMILES string of the molecule is CCCCCCC1C(=O)Nc2ccc(F)cc21. The molecule has 0 radical (unpaired) electrons. The molecule has 0 saturated carbocycles. The van der Waals surface area contributed by atoms with Crippen molar-refractivity contribution in [3.63, 3.8) is 0 Å². The molecule has 0 spiro atoms. The van der Waals surface area contributed by atoms with Gasteiger partial charge in [-0.1, -0.05) is 32.6 Å². The average molecular weight is 235 g/mol. The normalized spacial score (nSPS) is 18.0. The first-order valence-electron chi connectivity index (χ1n) is 6.32. The van der Waals surface area contributed by atoms with Gasteiger partial charge in [0.25, 0.3) is 0 Å². The van der Waals surface area contributed by atoms with Crippen molar-refractivity contribution in [2.75, 3.05) is 5.32 Å². The highest BCUT2D eigenvalue weighted by molar-refractivity contribution is 6.02. The Labute approximate surface area is 101 Å². The van der Waals surface area contributed by atoms with Crippen LogP contribution in [0.15, 0.2) is 18.2 Å². The zero-order chi connectivity index (χ0) is 12.3. The summed E-state index contributed by atoms with van der Waals surface area (Å²) in [6.45, 7) is 2.16. The van der Waals surface area contributed by atoms with Gasteiger partial charge in [0.2, 0.25) is 5.91 Å². The molecule has 1 N–H and O–H groups in total. The van der Waals surface area contributed by atoms with E-state index >= 15 is 0 Å². The van der Waals surface area contributed by atoms with E-state index in [9.17, 15) is 9.18 Å². The molecule has 17 heavy (non-hydrogen) atoms. The Morgan fingerprint density at radius 2 is 2.12 bits per heavy atom. The molecule has 1 aromatic rings. The van der Waals surface area contributed by atoms with E-state index in [0.717, 1.165) is 30.5 Å². The summed E-state index contributed by atoms with van der Waals surface area (Å²) in [5.41, 5.74) is 1.60. The Morgan fingerprint density at radius 3 is 2.88 bits per heavy atom. The van der Waals surface area contributed by atoms with E-state index in [0.29, 0.717) is 0 Å². The van der Waals surface area contributed by atoms with Crippen LogP contribution in [0.25, 0.3) is 0 Å². The maximum atomic E-state index is 13.2. The first-order valence-corrected chi connectivity index (χ1v) is 6.32. The van der Waals surface area contributed by atoms with Crippen LogP contribution in [0.4, 0.5) is 10.1 Å². The lowest BCUT2D eigenvalue weighted by Gasteiger charge is -2.08. The summed E-state index contributed by atoms with van der Waals surface area (Å²) in [7, 11) is 0. The van der Waals surface area contributed by atoms with Gasteiger partial charge in [0.1, 0.15) is 5.82 Å². The molecule has 2 rings (SSSR count). The van der Waals surface area contributed by atoms with Gasteiger partial charge < -0.3 is 5.32 Å². The van der Waals surface area contributed by atoms with Gasteiger partial charge in [-0.2, -0.15) is 0 Å². The fourth-order valence-electron chi connectivity index (χ4n) is 2.36. The van der Waals surface area contributed by atoms with E-state index in [1.54, 1.807) is 6.07 Å². The second kappa shape index (κ2) is 5.30. The number of hydrogen-bond acceptors (Lipinski definition) is 1. The molecule has 1 aliphatic heterocycles. The van der Waals surface area contributed by atoms with Gasteiger partial charge in [0.15, 0.2) is 0 Å². The van der Waals surface area contributed by atoms with Gasteiger partial charge >= 0.3 is 0 Å². The molecule has 0 fully saturated rings. The second-order valence-electron chi connectivity index (χ2n) is 4.62. The van der Waals surface area contributed by atoms with Crippen LogP contribution in [0.5, 0.6) is 0 Å². The van der Waals surface area contributed by atoms with Crippen LogP contribution in [0, 0.1) is 5.82 Å². The van der Waals surface area contributed by atoms with Crippen molar-refractivity contribution < 1.29 is 9.18 Å². The summed E-state index contributed by atoms with van der Waals surface area (Å²) in [4.78, 5) is 11.8. The van der Waals surface area contributed by atoms with Gasteiger partial charge in [-0.15, -0.1) is 0 Å². The summed E-state index contributed by atoms with van der Waals surface area (Å²) >= 11 is 0. The van der Waals surface area contributed by atoms with Crippen LogP contribution in [0.2, 0.25) is 0 Å². The van der Waals surface area contributed by atoms with E-state index in [1.165, 1.54) is 25.0 Å². The number of carbonyl (C=O) groups is 1. The molecule has 0 aliphatic carbocycles. The van der Waals surface area contributed by atoms with Crippen molar-refractivity contribution >= 4 is 11.6 Å². The summed E-state index contributed by atoms with van der Waals surface area (Å²) in [6, 6.07) is 4.52. The number of anilines is 1. The number of hydrogen-bond donors (Lipinski definition) is 1. The highest BCUT2D eigenvalue weighted by atomic mass is 19.1. The largest absolute Gasteiger partial charge is 0.325 e. The number of amides is 1. The summed E-state index contributed by atoms with van der Waals surface area (Å²) in [5.74, 6) is -0.404. The topological polar surface area (TPSA) is 29.1 Å². The number of benzene rings is 1. The monoisotopic (exact) mass is 235 g/mol. The minimum atomic E-state index is -0.265. The van der Waals surface area contributed by atoms with E-state index < -0.39 is 0 Å². The van der Waals surface area contributed by atoms with Crippen LogP contribution < -0.4 is 5.32 Å². The Morgan fingerprint density at radius 1 is 1.29 bits per heavy atom. The molecular weight excluding hydrogens is 217 g/mol. The highest BCUT2D eigenvalue weighted by Gasteiger charge is 2.29. The average Bonchev–Trinajstić information content (AvgIpc) is 2.61. The quantitative estimate of drug-likeness (QED) is 0.772. The number of halogens is 1. The predicted octanol–water partition coefficient (Wildman–Crippen LogP) is 3.83. The zero-order valence-corrected chi connectivity index (χ0v) is 10.1. The zero-order valence-electron chi connectivity index (χ0n) is 10.1. The fraction of sp³-hybridized carbons (Fsp3) is 0.500. The maximum absolute atomic E-state index is 13.2. The van der Waals surface area contributed by atoms with Gasteiger partial charge in [-0.25, -0.2) is 4.39 Å². The van der Waals surface area contributed by atoms with Crippen LogP contribution >= 0.6 is 0 Å². The smallest absolute Gasteiger partial charge is 0.232 e. The van der Waals surface area contributed by atoms with Crippen molar-refractivity contribution in [3.8, 4) is 0 Å². The van der Waals surface area contributed by atoms with E-state index in [2.05, 4.69) is 12.2 Å². The van der Waals surface area contributed by atoms with Gasteiger partial charge in [0, 0.05) is 5.69 Å². The van der Waals surface area contributed by atoms with Crippen molar-refractivity contribution in [1.82, 2.24) is 0 Å². The third-order valence-corrected chi connectivity index (χ3v) is 3.31. The summed E-state index contributed by atoms with van der Waals surface area (Å²) in [6.07, 6.45) is 5.38. The first kappa shape index (κ1) is 12.1. The second-order valence-corrected chi connectivity index (χ2v) is 4.62. The summed E-state index contributed by atoms with van der Waals surface area (Å²) in [5, 5.41) is 2.81. The van der Waals surface area contributed by atoms with Crippen LogP contribution in [-0.4, -0.2) is 5.91 Å². The lowest BCUT2D eigenvalue weighted by molar-refractivity contribution is -0.117. The highest BCUT2D eigenvalue weighted by Crippen LogP contribution is 2.36. The van der Waals surface area contributed by atoms with Crippen molar-refractivity contribution in [2.45, 2.75) is 44.9 Å². The molecule has 1 heterocycles. The maximum Gasteiger partial charge on any atom is 0.232 e. The third kappa shape index (κ3) is 2.65. The molecule has 3 heteroatoms. The Kier molecular flexibility index (Phi) is 3.77. The lowest BCUT2D eigenvalue weighted by Crippen LogP contribution is -2.11. The molecule has 0 aromatic heterocycles. The lowest BCUT2D eigenvalue weighted by atomic mass is 9.94. The molecule has 1 aromatic carbocycles. The van der Waals surface area contributed by atoms with Gasteiger partial charge in [-0.05, 0) is 30.2 Å². The number of fused-ring (bicyclic) bond motifs is 1. The first-order chi connectivity index (χ1) is 8.22. The molecule has 0 bridgehead atoms. The predicted molar refractivity (Wildman–Crippen MR) is 66.5 cm³/mol. The molecule has 92 valence electrons. The number of carbonyl (C=O) groups excluding carboxylic acids is 1. The van der Waals surface area contributed by atoms with Gasteiger partial charge in [0.05, 0.1) is 5.92 Å². The minimum Gasteiger partial charge on any atom is -0.325 e. The van der Waals surface area contributed by atoms with Crippen LogP contribution in [0.1, 0.15) is 50.5 Å². The third-order valence-electron chi connectivity index (χ3n) is 3.31.